The van der Waals surface area contributed by atoms with Crippen LogP contribution in [0.5, 0.6) is 0 Å². The van der Waals surface area contributed by atoms with E-state index < -0.39 is 16.4 Å². The number of nitrogens with zero attached hydrogens (tertiary/aromatic N) is 1. The summed E-state index contributed by atoms with van der Waals surface area (Å²) >= 11 is 0. The van der Waals surface area contributed by atoms with Gasteiger partial charge in [0.1, 0.15) is 0 Å². The number of hydrogen-bond donors (Lipinski definition) is 1. The van der Waals surface area contributed by atoms with Crippen molar-refractivity contribution >= 4 is 22.1 Å². The van der Waals surface area contributed by atoms with E-state index in [2.05, 4.69) is 4.99 Å². The molecule has 0 N–H and O–H groups in total. The Kier molecular flexibility index (Phi) is 1.83. The van der Waals surface area contributed by atoms with Crippen LogP contribution in [-0.4, -0.2) is 11.1 Å². The molecule has 1 atom stereocenters. The molecule has 1 aliphatic rings. The van der Waals surface area contributed by atoms with Crippen LogP contribution in [0, 0.1) is 0 Å². The van der Waals surface area contributed by atoms with E-state index in [1.165, 1.54) is 6.07 Å². The van der Waals surface area contributed by atoms with Crippen molar-refractivity contribution in [1.82, 2.24) is 0 Å². The summed E-state index contributed by atoms with van der Waals surface area (Å²) in [6.07, 6.45) is 0. The third-order valence-corrected chi connectivity index (χ3v) is 3.52. The van der Waals surface area contributed by atoms with E-state index in [-0.39, 0.29) is 0 Å². The summed E-state index contributed by atoms with van der Waals surface area (Å²) in [6, 6.07) is 6.38. The van der Waals surface area contributed by atoms with Gasteiger partial charge in [0.25, 0.3) is 0 Å². The topological polar surface area (TPSA) is 12.4 Å². The number of fused-ring (bicyclic) bond motifs is 1. The highest BCUT2D eigenvalue weighted by Crippen LogP contribution is 2.56. The minimum Gasteiger partial charge on any atom is -0.250 e. The van der Waals surface area contributed by atoms with Gasteiger partial charge in [0.05, 0.1) is 11.2 Å². The Morgan fingerprint density at radius 3 is 2.54 bits per heavy atom. The number of hydrogen-bond acceptors (Lipinski definition) is 1. The van der Waals surface area contributed by atoms with Crippen molar-refractivity contribution in [2.45, 2.75) is 10.4 Å². The fraction of sp³-hybridized carbons (Fsp3) is 0.125. The molecular weight excluding hydrogens is 199 g/mol. The summed E-state index contributed by atoms with van der Waals surface area (Å²) in [6.45, 7) is 0. The molecule has 0 saturated heterocycles. The van der Waals surface area contributed by atoms with E-state index in [0.29, 0.717) is 10.6 Å². The molecule has 0 bridgehead atoms. The minimum atomic E-state index is -4.16. The van der Waals surface area contributed by atoms with Crippen LogP contribution in [-0.2, 0) is 0 Å². The molecule has 0 spiro atoms. The lowest BCUT2D eigenvalue weighted by molar-refractivity contribution is -0.0339. The number of alkyl halides is 3. The molecule has 1 aromatic carbocycles. The predicted molar refractivity (Wildman–Crippen MR) is 47.9 cm³/mol. The van der Waals surface area contributed by atoms with Crippen molar-refractivity contribution in [3.05, 3.63) is 24.3 Å². The summed E-state index contributed by atoms with van der Waals surface area (Å²) in [5.41, 5.74) is -2.70. The third-order valence-electron chi connectivity index (χ3n) is 1.73. The molecule has 1 unspecified atom stereocenters. The molecule has 70 valence electrons. The summed E-state index contributed by atoms with van der Waals surface area (Å²) in [7, 11) is -2.19. The SMILES string of the molecule is FC(F)(F)[SH]1C=Nc2ccccc21. The molecule has 1 aliphatic heterocycles. The number of thiol groups is 1. The molecule has 0 radical (unpaired) electrons. The molecule has 0 aromatic heterocycles. The molecule has 5 heteroatoms. The average molecular weight is 205 g/mol. The maximum absolute atomic E-state index is 12.4. The Labute approximate surface area is 75.6 Å². The molecule has 0 saturated carbocycles. The van der Waals surface area contributed by atoms with Crippen molar-refractivity contribution in [2.24, 2.45) is 4.99 Å². The van der Waals surface area contributed by atoms with E-state index in [1.54, 1.807) is 18.2 Å². The number of para-hydroxylation sites is 1. The summed E-state index contributed by atoms with van der Waals surface area (Å²) in [4.78, 5) is 4.04. The van der Waals surface area contributed by atoms with Gasteiger partial charge in [0.15, 0.2) is 0 Å². The van der Waals surface area contributed by atoms with Crippen molar-refractivity contribution < 1.29 is 13.2 Å². The van der Waals surface area contributed by atoms with Crippen LogP contribution < -0.4 is 0 Å². The number of halogens is 3. The molecule has 0 fully saturated rings. The monoisotopic (exact) mass is 205 g/mol. The van der Waals surface area contributed by atoms with Crippen LogP contribution in [0.15, 0.2) is 34.2 Å². The molecule has 0 aliphatic carbocycles. The van der Waals surface area contributed by atoms with Crippen molar-refractivity contribution in [1.29, 1.82) is 0 Å². The van der Waals surface area contributed by atoms with Gasteiger partial charge >= 0.3 is 5.51 Å². The van der Waals surface area contributed by atoms with Crippen LogP contribution >= 0.6 is 10.9 Å². The van der Waals surface area contributed by atoms with Crippen molar-refractivity contribution in [3.63, 3.8) is 0 Å². The van der Waals surface area contributed by atoms with Gasteiger partial charge in [-0.3, -0.25) is 4.99 Å². The molecule has 1 aromatic rings. The first kappa shape index (κ1) is 8.62. The lowest BCUT2D eigenvalue weighted by Crippen LogP contribution is -2.07. The van der Waals surface area contributed by atoms with Gasteiger partial charge in [0, 0.05) is 4.90 Å². The fourth-order valence-corrected chi connectivity index (χ4v) is 2.56. The first-order valence-electron chi connectivity index (χ1n) is 3.58. The molecule has 13 heavy (non-hydrogen) atoms. The minimum absolute atomic E-state index is 0.310. The van der Waals surface area contributed by atoms with Crippen molar-refractivity contribution in [2.75, 3.05) is 0 Å². The van der Waals surface area contributed by atoms with E-state index in [0.717, 1.165) is 5.55 Å². The first-order chi connectivity index (χ1) is 6.09. The molecular formula is C8H6F3NS. The standard InChI is InChI=1S/C8H6F3NS/c9-8(10,11)13-5-12-6-3-1-2-4-7(6)13/h1-5,13H. The summed E-state index contributed by atoms with van der Waals surface area (Å²) < 4.78 is 37.1. The smallest absolute Gasteiger partial charge is 0.250 e. The van der Waals surface area contributed by atoms with E-state index in [1.807, 2.05) is 0 Å². The molecule has 1 nitrogen and oxygen atoms in total. The zero-order valence-corrected chi connectivity index (χ0v) is 7.31. The third kappa shape index (κ3) is 1.44. The zero-order chi connectivity index (χ0) is 9.47. The lowest BCUT2D eigenvalue weighted by Gasteiger charge is -2.16. The van der Waals surface area contributed by atoms with Gasteiger partial charge in [-0.2, -0.15) is 13.2 Å². The number of rotatable bonds is 0. The van der Waals surface area contributed by atoms with E-state index in [9.17, 15) is 13.2 Å². The quantitative estimate of drug-likeness (QED) is 0.624. The largest absolute Gasteiger partial charge is 0.431 e. The van der Waals surface area contributed by atoms with Crippen LogP contribution in [0.25, 0.3) is 0 Å². The van der Waals surface area contributed by atoms with Crippen LogP contribution in [0.1, 0.15) is 0 Å². The number of aliphatic imine (C=N–C) groups is 1. The second-order valence-electron chi connectivity index (χ2n) is 2.57. The highest BCUT2D eigenvalue weighted by atomic mass is 32.2. The van der Waals surface area contributed by atoms with Crippen LogP contribution in [0.3, 0.4) is 0 Å². The van der Waals surface area contributed by atoms with Crippen LogP contribution in [0.2, 0.25) is 0 Å². The van der Waals surface area contributed by atoms with Gasteiger partial charge in [-0.15, -0.1) is 0 Å². The Balaban J connectivity index is 2.45. The first-order valence-corrected chi connectivity index (χ1v) is 4.99. The second-order valence-corrected chi connectivity index (χ2v) is 4.53. The van der Waals surface area contributed by atoms with Gasteiger partial charge < -0.3 is 0 Å². The Bertz CT molecular complexity index is 359. The number of benzene rings is 1. The van der Waals surface area contributed by atoms with E-state index in [4.69, 9.17) is 0 Å². The highest BCUT2D eigenvalue weighted by Gasteiger charge is 2.39. The van der Waals surface area contributed by atoms with Crippen LogP contribution in [0.4, 0.5) is 18.9 Å². The maximum Gasteiger partial charge on any atom is 0.431 e. The normalized spacial score (nSPS) is 23.2. The summed E-state index contributed by atoms with van der Waals surface area (Å²) in [5, 5.41) is 0. The summed E-state index contributed by atoms with van der Waals surface area (Å²) in [5.74, 6) is 0. The highest BCUT2D eigenvalue weighted by molar-refractivity contribution is 8.29. The van der Waals surface area contributed by atoms with Gasteiger partial charge in [-0.25, -0.2) is 0 Å². The Hall–Kier alpha value is -0.970. The maximum atomic E-state index is 12.4. The molecule has 1 heterocycles. The Morgan fingerprint density at radius 1 is 1.15 bits per heavy atom. The second kappa shape index (κ2) is 2.77. The average Bonchev–Trinajstić information content (AvgIpc) is 2.45. The zero-order valence-electron chi connectivity index (χ0n) is 6.42. The predicted octanol–water partition coefficient (Wildman–Crippen LogP) is 3.24. The molecule has 0 amide bonds. The molecule has 2 rings (SSSR count). The lowest BCUT2D eigenvalue weighted by atomic mass is 10.3. The van der Waals surface area contributed by atoms with E-state index >= 15 is 0 Å². The van der Waals surface area contributed by atoms with Gasteiger partial charge in [-0.05, 0) is 12.1 Å². The fourth-order valence-electron chi connectivity index (χ4n) is 1.16. The van der Waals surface area contributed by atoms with Crippen molar-refractivity contribution in [3.8, 4) is 0 Å². The van der Waals surface area contributed by atoms with Gasteiger partial charge in [-0.1, -0.05) is 23.0 Å². The Morgan fingerprint density at radius 2 is 1.85 bits per heavy atom. The van der Waals surface area contributed by atoms with Gasteiger partial charge in [0.2, 0.25) is 0 Å².